The van der Waals surface area contributed by atoms with Crippen LogP contribution in [-0.2, 0) is 54.5 Å². The zero-order valence-corrected chi connectivity index (χ0v) is 31.3. The van der Waals surface area contributed by atoms with Gasteiger partial charge < -0.3 is 28.4 Å². The molecule has 0 aliphatic heterocycles. The fourth-order valence-electron chi connectivity index (χ4n) is 3.67. The fraction of sp³-hybridized carbons (Fsp3) is 0.786. The van der Waals surface area contributed by atoms with Gasteiger partial charge in [-0.1, -0.05) is 59.3 Å². The van der Waals surface area contributed by atoms with Gasteiger partial charge >= 0.3 is 57.1 Å². The van der Waals surface area contributed by atoms with Crippen LogP contribution >= 0.6 is 0 Å². The molecule has 1 aromatic rings. The molecule has 0 N–H and O–H groups in total. The van der Waals surface area contributed by atoms with Gasteiger partial charge in [0.2, 0.25) is 0 Å². The van der Waals surface area contributed by atoms with E-state index >= 15 is 0 Å². The molecule has 0 heterocycles. The Morgan fingerprint density at radius 2 is 1.13 bits per heavy atom. The Morgan fingerprint density at radius 3 is 1.62 bits per heavy atom. The minimum atomic E-state index is -5.24. The number of aryl methyl sites for hydroxylation is 1. The number of ether oxygens (including phenoxy) is 6. The third kappa shape index (κ3) is 24.8. The molecule has 0 amide bonds. The topological polar surface area (TPSA) is 128 Å². The normalized spacial score (nSPS) is 13.0. The van der Waals surface area contributed by atoms with Gasteiger partial charge in [-0.2, -0.15) is 8.78 Å². The summed E-state index contributed by atoms with van der Waals surface area (Å²) in [6.45, 7) is 5.83. The SMILES string of the molecule is CCCCCCCCc1ccc(OCCOCCOCCOCCOCCOCCCS(=O)(=O)N=S(=O)(OF)C(F)F)cc1.[K+]. The van der Waals surface area contributed by atoms with Gasteiger partial charge in [-0.05, 0) is 41.5 Å². The molecule has 0 bridgehead atoms. The quantitative estimate of drug-likeness (QED) is 0.0864. The van der Waals surface area contributed by atoms with Gasteiger partial charge in [0.15, 0.2) is 0 Å². The average molecular weight is 719 g/mol. The minimum Gasteiger partial charge on any atom is -0.491 e. The summed E-state index contributed by atoms with van der Waals surface area (Å²) in [4.78, 5) is 0. The van der Waals surface area contributed by atoms with Crippen molar-refractivity contribution in [3.63, 3.8) is 0 Å². The van der Waals surface area contributed by atoms with Gasteiger partial charge in [-0.15, -0.1) is 0 Å². The summed E-state index contributed by atoms with van der Waals surface area (Å²) < 4.78 is 108. The minimum absolute atomic E-state index is 0. The number of unbranched alkanes of at least 4 members (excludes halogenated alkanes) is 5. The van der Waals surface area contributed by atoms with E-state index in [9.17, 15) is 25.9 Å². The molecule has 17 heteroatoms. The molecule has 45 heavy (non-hydrogen) atoms. The Morgan fingerprint density at radius 1 is 0.667 bits per heavy atom. The summed E-state index contributed by atoms with van der Waals surface area (Å²) in [7, 11) is -9.82. The molecule has 258 valence electrons. The first-order valence-corrected chi connectivity index (χ1v) is 18.0. The summed E-state index contributed by atoms with van der Waals surface area (Å²) in [5.74, 6) is -3.83. The van der Waals surface area contributed by atoms with Crippen molar-refractivity contribution >= 4 is 20.0 Å². The van der Waals surface area contributed by atoms with Crippen LogP contribution in [0.2, 0.25) is 0 Å². The number of alkyl halides is 2. The van der Waals surface area contributed by atoms with Crippen LogP contribution in [0.25, 0.3) is 0 Å². The van der Waals surface area contributed by atoms with E-state index in [2.05, 4.69) is 27.2 Å². The first-order valence-electron chi connectivity index (χ1n) is 14.9. The molecule has 0 aliphatic rings. The number of rotatable bonds is 30. The van der Waals surface area contributed by atoms with Crippen LogP contribution in [0.15, 0.2) is 28.0 Å². The van der Waals surface area contributed by atoms with Crippen molar-refractivity contribution in [1.82, 2.24) is 0 Å². The molecule has 0 aromatic heterocycles. The smallest absolute Gasteiger partial charge is 0.491 e. The molecule has 0 spiro atoms. The summed E-state index contributed by atoms with van der Waals surface area (Å²) in [5, 5.41) is 0. The maximum Gasteiger partial charge on any atom is 1.00 e. The maximum atomic E-state index is 12.4. The molecule has 0 aliphatic carbocycles. The summed E-state index contributed by atoms with van der Waals surface area (Å²) in [5.41, 5.74) is 1.34. The second-order valence-corrected chi connectivity index (χ2v) is 13.3. The Labute approximate surface area is 309 Å². The maximum absolute atomic E-state index is 12.4. The fourth-order valence-corrected chi connectivity index (χ4v) is 6.13. The third-order valence-corrected chi connectivity index (χ3v) is 9.13. The monoisotopic (exact) mass is 718 g/mol. The van der Waals surface area contributed by atoms with Crippen molar-refractivity contribution in [2.24, 2.45) is 3.77 Å². The van der Waals surface area contributed by atoms with Gasteiger partial charge in [0.1, 0.15) is 12.4 Å². The number of hydrogen-bond donors (Lipinski definition) is 0. The molecule has 0 saturated heterocycles. The van der Waals surface area contributed by atoms with E-state index in [-0.39, 0.29) is 77.6 Å². The van der Waals surface area contributed by atoms with E-state index in [1.54, 1.807) is 0 Å². The Kier molecular flexibility index (Phi) is 29.1. The number of halogens is 3. The van der Waals surface area contributed by atoms with Crippen LogP contribution in [0, 0.1) is 0 Å². The van der Waals surface area contributed by atoms with Crippen molar-refractivity contribution in [3.8, 4) is 5.75 Å². The molecular formula is C28H48F3KNO10S2+. The molecule has 1 rings (SSSR count). The van der Waals surface area contributed by atoms with E-state index in [0.29, 0.717) is 52.9 Å². The van der Waals surface area contributed by atoms with Gasteiger partial charge in [0.25, 0.3) is 20.0 Å². The van der Waals surface area contributed by atoms with Gasteiger partial charge in [-0.25, -0.2) is 12.6 Å². The molecule has 11 nitrogen and oxygen atoms in total. The van der Waals surface area contributed by atoms with Crippen molar-refractivity contribution in [3.05, 3.63) is 29.8 Å². The first-order chi connectivity index (χ1) is 21.2. The van der Waals surface area contributed by atoms with E-state index < -0.39 is 31.5 Å². The molecule has 0 fully saturated rings. The second-order valence-electron chi connectivity index (χ2n) is 9.62. The van der Waals surface area contributed by atoms with Crippen molar-refractivity contribution in [1.29, 1.82) is 0 Å². The third-order valence-electron chi connectivity index (χ3n) is 5.95. The zero-order valence-electron chi connectivity index (χ0n) is 26.5. The van der Waals surface area contributed by atoms with Crippen LogP contribution < -0.4 is 56.1 Å². The standard InChI is InChI=1S/C28H48F3NO10S2.K/c1-2-3-4-5-6-7-9-26-10-12-27(13-11-26)41-24-23-40-22-21-39-20-19-38-18-17-37-16-15-36-14-8-25-43(33,34)32-44(35,42-31)28(29)30;/h10-13,28H,2-9,14-25H2,1H3;/q;+1. The van der Waals surface area contributed by atoms with Gasteiger partial charge in [0.05, 0.1) is 65.2 Å². The van der Waals surface area contributed by atoms with E-state index in [4.69, 9.17) is 28.4 Å². The Balaban J connectivity index is 0.0000194. The molecular weight excluding hydrogens is 671 g/mol. The number of benzene rings is 1. The zero-order chi connectivity index (χ0) is 32.4. The Hall–Kier alpha value is 0.106. The summed E-state index contributed by atoms with van der Waals surface area (Å²) >= 11 is 0. The van der Waals surface area contributed by atoms with Crippen molar-refractivity contribution < 1.29 is 110 Å². The first kappa shape index (κ1) is 45.1. The van der Waals surface area contributed by atoms with Crippen LogP contribution in [0.3, 0.4) is 0 Å². The second kappa shape index (κ2) is 29.1. The van der Waals surface area contributed by atoms with Crippen molar-refractivity contribution in [2.75, 3.05) is 78.4 Å². The predicted octanol–water partition coefficient (Wildman–Crippen LogP) is 2.28. The summed E-state index contributed by atoms with van der Waals surface area (Å²) in [6.07, 6.45) is 8.75. The number of hydrogen-bond acceptors (Lipinski definition) is 10. The van der Waals surface area contributed by atoms with Gasteiger partial charge in [0, 0.05) is 6.61 Å². The van der Waals surface area contributed by atoms with Crippen LogP contribution in [0.4, 0.5) is 13.3 Å². The number of nitrogens with zero attached hydrogens (tertiary/aromatic N) is 1. The Bertz CT molecular complexity index is 1060. The average Bonchev–Trinajstić information content (AvgIpc) is 3.00. The van der Waals surface area contributed by atoms with Crippen molar-refractivity contribution in [2.45, 2.75) is 64.0 Å². The predicted molar refractivity (Wildman–Crippen MR) is 160 cm³/mol. The van der Waals surface area contributed by atoms with E-state index in [0.717, 1.165) is 12.2 Å². The van der Waals surface area contributed by atoms with E-state index in [1.165, 1.54) is 44.1 Å². The molecule has 0 saturated carbocycles. The van der Waals surface area contributed by atoms with Crippen LogP contribution in [0.5, 0.6) is 5.75 Å². The van der Waals surface area contributed by atoms with Crippen LogP contribution in [0.1, 0.15) is 57.4 Å². The number of sulfonamides is 1. The van der Waals surface area contributed by atoms with E-state index in [1.807, 2.05) is 12.1 Å². The molecule has 0 radical (unpaired) electrons. The molecule has 1 aromatic carbocycles. The summed E-state index contributed by atoms with van der Waals surface area (Å²) in [6, 6.07) is 8.26. The molecule has 1 atom stereocenters. The largest absolute Gasteiger partial charge is 1.00 e. The van der Waals surface area contributed by atoms with Crippen LogP contribution in [-0.4, -0.2) is 96.8 Å². The van der Waals surface area contributed by atoms with Gasteiger partial charge in [-0.3, -0.25) is 0 Å². The molecule has 1 unspecified atom stereocenters.